The van der Waals surface area contributed by atoms with Gasteiger partial charge >= 0.3 is 0 Å². The SMILES string of the molecule is C=CCOc1cc2ccc(Br)cc2cc1C(=O)Nc1ccccc1OC. The Kier molecular flexibility index (Phi) is 5.58. The molecule has 0 atom stereocenters. The van der Waals surface area contributed by atoms with E-state index in [9.17, 15) is 4.79 Å². The molecule has 0 bridgehead atoms. The summed E-state index contributed by atoms with van der Waals surface area (Å²) in [5.74, 6) is 0.834. The van der Waals surface area contributed by atoms with Crippen LogP contribution in [0.25, 0.3) is 10.8 Å². The molecule has 3 aromatic carbocycles. The summed E-state index contributed by atoms with van der Waals surface area (Å²) in [6, 6.07) is 16.8. The molecule has 0 fully saturated rings. The normalized spacial score (nSPS) is 10.4. The largest absolute Gasteiger partial charge is 0.495 e. The lowest BCUT2D eigenvalue weighted by Crippen LogP contribution is -2.14. The minimum atomic E-state index is -0.268. The van der Waals surface area contributed by atoms with Crippen LogP contribution in [0.2, 0.25) is 0 Å². The Labute approximate surface area is 160 Å². The molecular formula is C21H18BrNO3. The van der Waals surface area contributed by atoms with E-state index in [-0.39, 0.29) is 5.91 Å². The molecule has 0 saturated carbocycles. The zero-order chi connectivity index (χ0) is 18.5. The summed E-state index contributed by atoms with van der Waals surface area (Å²) in [7, 11) is 1.57. The van der Waals surface area contributed by atoms with E-state index in [1.54, 1.807) is 25.3 Å². The van der Waals surface area contributed by atoms with Crippen molar-refractivity contribution in [2.45, 2.75) is 0 Å². The second-order valence-electron chi connectivity index (χ2n) is 5.59. The zero-order valence-electron chi connectivity index (χ0n) is 14.3. The summed E-state index contributed by atoms with van der Waals surface area (Å²) in [5, 5.41) is 4.82. The van der Waals surface area contributed by atoms with Crippen LogP contribution in [-0.2, 0) is 0 Å². The number of fused-ring (bicyclic) bond motifs is 1. The topological polar surface area (TPSA) is 47.6 Å². The fourth-order valence-corrected chi connectivity index (χ4v) is 3.01. The van der Waals surface area contributed by atoms with Crippen LogP contribution in [0.4, 0.5) is 5.69 Å². The molecule has 0 aromatic heterocycles. The van der Waals surface area contributed by atoms with Crippen LogP contribution in [0.5, 0.6) is 11.5 Å². The lowest BCUT2D eigenvalue weighted by atomic mass is 10.0. The number of amides is 1. The van der Waals surface area contributed by atoms with Crippen LogP contribution in [0, 0.1) is 0 Å². The molecule has 0 aliphatic rings. The maximum absolute atomic E-state index is 12.9. The van der Waals surface area contributed by atoms with Gasteiger partial charge in [-0.25, -0.2) is 0 Å². The van der Waals surface area contributed by atoms with Gasteiger partial charge in [-0.05, 0) is 47.2 Å². The minimum absolute atomic E-state index is 0.268. The molecule has 1 amide bonds. The summed E-state index contributed by atoms with van der Waals surface area (Å²) < 4.78 is 12.0. The molecule has 0 aliphatic carbocycles. The fraction of sp³-hybridized carbons (Fsp3) is 0.0952. The number of para-hydroxylation sites is 2. The number of hydrogen-bond acceptors (Lipinski definition) is 3. The molecule has 132 valence electrons. The zero-order valence-corrected chi connectivity index (χ0v) is 15.9. The Morgan fingerprint density at radius 2 is 1.92 bits per heavy atom. The maximum Gasteiger partial charge on any atom is 0.259 e. The van der Waals surface area contributed by atoms with E-state index >= 15 is 0 Å². The summed E-state index contributed by atoms with van der Waals surface area (Å²) in [6.07, 6.45) is 1.65. The van der Waals surface area contributed by atoms with Gasteiger partial charge in [-0.2, -0.15) is 0 Å². The first-order valence-corrected chi connectivity index (χ1v) is 8.83. The molecule has 26 heavy (non-hydrogen) atoms. The Morgan fingerprint density at radius 3 is 2.69 bits per heavy atom. The Balaban J connectivity index is 2.02. The molecule has 3 rings (SSSR count). The lowest BCUT2D eigenvalue weighted by molar-refractivity contribution is 0.102. The number of nitrogens with one attached hydrogen (secondary N) is 1. The van der Waals surface area contributed by atoms with E-state index in [1.165, 1.54) is 0 Å². The van der Waals surface area contributed by atoms with E-state index in [2.05, 4.69) is 27.8 Å². The van der Waals surface area contributed by atoms with Crippen molar-refractivity contribution in [1.29, 1.82) is 0 Å². The molecule has 4 nitrogen and oxygen atoms in total. The molecule has 0 spiro atoms. The van der Waals surface area contributed by atoms with Gasteiger partial charge in [-0.1, -0.05) is 46.8 Å². The number of rotatable bonds is 6. The number of methoxy groups -OCH3 is 1. The standard InChI is InChI=1S/C21H18BrNO3/c1-3-10-26-20-13-14-8-9-16(22)11-15(14)12-17(20)21(24)23-18-6-4-5-7-19(18)25-2/h3-9,11-13H,1,10H2,2H3,(H,23,24). The second kappa shape index (κ2) is 8.06. The molecule has 0 heterocycles. The highest BCUT2D eigenvalue weighted by atomic mass is 79.9. The third-order valence-electron chi connectivity index (χ3n) is 3.86. The smallest absolute Gasteiger partial charge is 0.259 e. The summed E-state index contributed by atoms with van der Waals surface area (Å²) in [6.45, 7) is 3.98. The summed E-state index contributed by atoms with van der Waals surface area (Å²) in [5.41, 5.74) is 1.05. The van der Waals surface area contributed by atoms with Gasteiger partial charge in [0, 0.05) is 4.47 Å². The third-order valence-corrected chi connectivity index (χ3v) is 4.35. The van der Waals surface area contributed by atoms with E-state index < -0.39 is 0 Å². The van der Waals surface area contributed by atoms with E-state index in [1.807, 2.05) is 42.5 Å². The van der Waals surface area contributed by atoms with Crippen LogP contribution >= 0.6 is 15.9 Å². The van der Waals surface area contributed by atoms with Crippen LogP contribution in [-0.4, -0.2) is 19.6 Å². The van der Waals surface area contributed by atoms with Crippen molar-refractivity contribution in [1.82, 2.24) is 0 Å². The monoisotopic (exact) mass is 411 g/mol. The third kappa shape index (κ3) is 3.89. The van der Waals surface area contributed by atoms with Crippen molar-refractivity contribution in [2.75, 3.05) is 19.0 Å². The van der Waals surface area contributed by atoms with Gasteiger partial charge in [0.15, 0.2) is 0 Å². The van der Waals surface area contributed by atoms with Crippen LogP contribution in [0.15, 0.2) is 71.7 Å². The van der Waals surface area contributed by atoms with Crippen molar-refractivity contribution in [3.8, 4) is 11.5 Å². The van der Waals surface area contributed by atoms with Crippen molar-refractivity contribution in [3.05, 3.63) is 77.3 Å². The summed E-state index contributed by atoms with van der Waals surface area (Å²) >= 11 is 3.47. The lowest BCUT2D eigenvalue weighted by Gasteiger charge is -2.14. The Bertz CT molecular complexity index is 969. The van der Waals surface area contributed by atoms with Crippen LogP contribution in [0.3, 0.4) is 0 Å². The highest BCUT2D eigenvalue weighted by Gasteiger charge is 2.16. The quantitative estimate of drug-likeness (QED) is 0.550. The van der Waals surface area contributed by atoms with Crippen molar-refractivity contribution in [3.63, 3.8) is 0 Å². The molecule has 0 unspecified atom stereocenters. The van der Waals surface area contributed by atoms with Gasteiger partial charge in [0.05, 0.1) is 18.4 Å². The van der Waals surface area contributed by atoms with E-state index in [0.717, 1.165) is 15.2 Å². The predicted molar refractivity (Wildman–Crippen MR) is 108 cm³/mol. The number of carbonyl (C=O) groups is 1. The number of hydrogen-bond donors (Lipinski definition) is 1. The van der Waals surface area contributed by atoms with Crippen molar-refractivity contribution >= 4 is 38.3 Å². The molecule has 0 saturated heterocycles. The van der Waals surface area contributed by atoms with E-state index in [0.29, 0.717) is 29.4 Å². The minimum Gasteiger partial charge on any atom is -0.495 e. The van der Waals surface area contributed by atoms with Gasteiger partial charge < -0.3 is 14.8 Å². The first-order chi connectivity index (χ1) is 12.6. The first-order valence-electron chi connectivity index (χ1n) is 8.03. The molecule has 5 heteroatoms. The van der Waals surface area contributed by atoms with E-state index in [4.69, 9.17) is 9.47 Å². The highest BCUT2D eigenvalue weighted by molar-refractivity contribution is 9.10. The number of ether oxygens (including phenoxy) is 2. The van der Waals surface area contributed by atoms with Crippen molar-refractivity contribution < 1.29 is 14.3 Å². The summed E-state index contributed by atoms with van der Waals surface area (Å²) in [4.78, 5) is 12.9. The molecule has 1 N–H and O–H groups in total. The Morgan fingerprint density at radius 1 is 1.12 bits per heavy atom. The van der Waals surface area contributed by atoms with Gasteiger partial charge in [0.25, 0.3) is 5.91 Å². The number of halogens is 1. The molecule has 0 radical (unpaired) electrons. The van der Waals surface area contributed by atoms with Gasteiger partial charge in [-0.3, -0.25) is 4.79 Å². The number of carbonyl (C=O) groups excluding carboxylic acids is 1. The van der Waals surface area contributed by atoms with Gasteiger partial charge in [0.1, 0.15) is 18.1 Å². The molecule has 0 aliphatic heterocycles. The molecule has 3 aromatic rings. The van der Waals surface area contributed by atoms with Crippen molar-refractivity contribution in [2.24, 2.45) is 0 Å². The Hall–Kier alpha value is -2.79. The van der Waals surface area contributed by atoms with Gasteiger partial charge in [-0.15, -0.1) is 0 Å². The van der Waals surface area contributed by atoms with Gasteiger partial charge in [0.2, 0.25) is 0 Å². The average molecular weight is 412 g/mol. The number of anilines is 1. The molecular weight excluding hydrogens is 394 g/mol. The van der Waals surface area contributed by atoms with Crippen LogP contribution < -0.4 is 14.8 Å². The maximum atomic E-state index is 12.9. The second-order valence-corrected chi connectivity index (χ2v) is 6.51. The average Bonchev–Trinajstić information content (AvgIpc) is 2.66. The highest BCUT2D eigenvalue weighted by Crippen LogP contribution is 2.30. The fourth-order valence-electron chi connectivity index (χ4n) is 2.63. The number of benzene rings is 3. The van der Waals surface area contributed by atoms with Crippen LogP contribution in [0.1, 0.15) is 10.4 Å². The first kappa shape index (κ1) is 18.0. The predicted octanol–water partition coefficient (Wildman–Crippen LogP) is 5.43.